The Kier molecular flexibility index (Phi) is 3.95. The van der Waals surface area contributed by atoms with Gasteiger partial charge in [0.1, 0.15) is 16.5 Å². The third-order valence-corrected chi connectivity index (χ3v) is 7.29. The zero-order valence-electron chi connectivity index (χ0n) is 15.4. The van der Waals surface area contributed by atoms with Crippen LogP contribution in [0.5, 0.6) is 0 Å². The number of aryl methyl sites for hydroxylation is 1. The largest absolute Gasteiger partial charge is 0.462 e. The van der Waals surface area contributed by atoms with E-state index in [9.17, 15) is 4.79 Å². The lowest BCUT2D eigenvalue weighted by atomic mass is 9.69. The second-order valence-electron chi connectivity index (χ2n) is 7.99. The van der Waals surface area contributed by atoms with E-state index in [1.165, 1.54) is 23.3 Å². The average Bonchev–Trinajstić information content (AvgIpc) is 3.17. The van der Waals surface area contributed by atoms with E-state index in [-0.39, 0.29) is 12.1 Å². The van der Waals surface area contributed by atoms with Crippen LogP contribution >= 0.6 is 11.3 Å². The lowest BCUT2D eigenvalue weighted by Gasteiger charge is -2.36. The maximum absolute atomic E-state index is 12.8. The zero-order chi connectivity index (χ0) is 17.8. The summed E-state index contributed by atoms with van der Waals surface area (Å²) in [6, 6.07) is 3.85. The highest BCUT2D eigenvalue weighted by molar-refractivity contribution is 7.16. The molecule has 0 unspecified atom stereocenters. The molecular weight excluding hydrogens is 332 g/mol. The molecule has 2 atom stereocenters. The molecule has 0 spiro atoms. The molecule has 5 heteroatoms. The van der Waals surface area contributed by atoms with E-state index in [0.29, 0.717) is 11.3 Å². The van der Waals surface area contributed by atoms with Crippen LogP contribution in [-0.2, 0) is 12.8 Å². The maximum Gasteiger partial charge on any atom is 0.256 e. The normalized spacial score (nSPS) is 22.8. The molecule has 1 aliphatic heterocycles. The highest BCUT2D eigenvalue weighted by atomic mass is 32.1. The van der Waals surface area contributed by atoms with Gasteiger partial charge in [-0.3, -0.25) is 4.79 Å². The standard InChI is InChI=1S/C20H26N2O2S/c1-5-20(3,4)12-7-8-13-15(10-12)25-19-16(13)18(23)21-17(22-19)14-9-6-11(2)24-14/h6,9,12,17,22H,5,7-8,10H2,1-4H3,(H,21,23)/t12-,17-/m1/s1. The number of nitrogens with one attached hydrogen (secondary N) is 2. The van der Waals surface area contributed by atoms with Gasteiger partial charge < -0.3 is 15.1 Å². The van der Waals surface area contributed by atoms with Gasteiger partial charge in [0.05, 0.1) is 5.56 Å². The summed E-state index contributed by atoms with van der Waals surface area (Å²) in [7, 11) is 0. The SMILES string of the molecule is CCC(C)(C)[C@@H]1CCc2c(sc3c2C(=O)N[C@@H](c2ccc(C)o2)N3)C1. The van der Waals surface area contributed by atoms with Crippen LogP contribution in [0.15, 0.2) is 16.5 Å². The molecule has 2 N–H and O–H groups in total. The first kappa shape index (κ1) is 16.7. The number of furan rings is 1. The topological polar surface area (TPSA) is 54.3 Å². The molecule has 0 saturated carbocycles. The maximum atomic E-state index is 12.8. The quantitative estimate of drug-likeness (QED) is 0.808. The van der Waals surface area contributed by atoms with Gasteiger partial charge in [0.15, 0.2) is 6.17 Å². The summed E-state index contributed by atoms with van der Waals surface area (Å²) >= 11 is 1.76. The fourth-order valence-corrected chi connectivity index (χ4v) is 5.36. The van der Waals surface area contributed by atoms with E-state index in [4.69, 9.17) is 4.42 Å². The van der Waals surface area contributed by atoms with Crippen LogP contribution in [0, 0.1) is 18.3 Å². The number of anilines is 1. The summed E-state index contributed by atoms with van der Waals surface area (Å²) in [5.41, 5.74) is 2.49. The predicted octanol–water partition coefficient (Wildman–Crippen LogP) is 5.04. The van der Waals surface area contributed by atoms with Crippen molar-refractivity contribution in [1.29, 1.82) is 0 Å². The lowest BCUT2D eigenvalue weighted by Crippen LogP contribution is -2.38. The van der Waals surface area contributed by atoms with Crippen LogP contribution in [0.2, 0.25) is 0 Å². The highest BCUT2D eigenvalue weighted by Gasteiger charge is 2.37. The fourth-order valence-electron chi connectivity index (χ4n) is 4.00. The van der Waals surface area contributed by atoms with Crippen LogP contribution in [0.3, 0.4) is 0 Å². The van der Waals surface area contributed by atoms with E-state index in [1.807, 2.05) is 19.1 Å². The fraction of sp³-hybridized carbons (Fsp3) is 0.550. The minimum atomic E-state index is -0.281. The molecule has 2 aromatic rings. The Morgan fingerprint density at radius 1 is 1.32 bits per heavy atom. The van der Waals surface area contributed by atoms with Crippen molar-refractivity contribution in [3.63, 3.8) is 0 Å². The van der Waals surface area contributed by atoms with E-state index < -0.39 is 0 Å². The molecule has 0 fully saturated rings. The summed E-state index contributed by atoms with van der Waals surface area (Å²) < 4.78 is 5.69. The first-order valence-corrected chi connectivity index (χ1v) is 9.99. The van der Waals surface area contributed by atoms with Crippen molar-refractivity contribution in [2.24, 2.45) is 11.3 Å². The Hall–Kier alpha value is -1.75. The number of rotatable bonds is 3. The Morgan fingerprint density at radius 3 is 2.80 bits per heavy atom. The molecule has 2 aromatic heterocycles. The van der Waals surface area contributed by atoms with Crippen LogP contribution in [0.1, 0.15) is 72.1 Å². The van der Waals surface area contributed by atoms with Crippen LogP contribution in [-0.4, -0.2) is 5.91 Å². The Labute approximate surface area is 153 Å². The van der Waals surface area contributed by atoms with E-state index in [0.717, 1.165) is 34.9 Å². The van der Waals surface area contributed by atoms with Gasteiger partial charge in [-0.1, -0.05) is 27.2 Å². The monoisotopic (exact) mass is 358 g/mol. The lowest BCUT2D eigenvalue weighted by molar-refractivity contribution is 0.0929. The van der Waals surface area contributed by atoms with Crippen molar-refractivity contribution < 1.29 is 9.21 Å². The van der Waals surface area contributed by atoms with Gasteiger partial charge in [-0.2, -0.15) is 0 Å². The predicted molar refractivity (Wildman–Crippen MR) is 101 cm³/mol. The molecular formula is C20H26N2O2S. The first-order chi connectivity index (χ1) is 11.9. The van der Waals surface area contributed by atoms with Crippen molar-refractivity contribution in [3.8, 4) is 0 Å². The summed E-state index contributed by atoms with van der Waals surface area (Å²) in [5.74, 6) is 2.33. The van der Waals surface area contributed by atoms with Crippen molar-refractivity contribution in [1.82, 2.24) is 5.32 Å². The minimum Gasteiger partial charge on any atom is -0.462 e. The molecule has 4 rings (SSSR count). The van der Waals surface area contributed by atoms with Gasteiger partial charge in [0.25, 0.3) is 5.91 Å². The van der Waals surface area contributed by atoms with Crippen molar-refractivity contribution >= 4 is 22.2 Å². The zero-order valence-corrected chi connectivity index (χ0v) is 16.2. The van der Waals surface area contributed by atoms with Gasteiger partial charge in [0, 0.05) is 4.88 Å². The number of thiophene rings is 1. The molecule has 3 heterocycles. The molecule has 0 saturated heterocycles. The third kappa shape index (κ3) is 2.78. The molecule has 0 aromatic carbocycles. The van der Waals surface area contributed by atoms with Gasteiger partial charge in [-0.05, 0) is 55.2 Å². The van der Waals surface area contributed by atoms with Crippen LogP contribution < -0.4 is 10.6 Å². The molecule has 134 valence electrons. The van der Waals surface area contributed by atoms with Gasteiger partial charge >= 0.3 is 0 Å². The molecule has 4 nitrogen and oxygen atoms in total. The highest BCUT2D eigenvalue weighted by Crippen LogP contribution is 2.46. The summed E-state index contributed by atoms with van der Waals surface area (Å²) in [5, 5.41) is 7.53. The molecule has 0 radical (unpaired) electrons. The Morgan fingerprint density at radius 2 is 2.12 bits per heavy atom. The summed E-state index contributed by atoms with van der Waals surface area (Å²) in [4.78, 5) is 14.1. The van der Waals surface area contributed by atoms with Gasteiger partial charge in [0.2, 0.25) is 0 Å². The van der Waals surface area contributed by atoms with Crippen molar-refractivity contribution in [2.75, 3.05) is 5.32 Å². The molecule has 25 heavy (non-hydrogen) atoms. The summed E-state index contributed by atoms with van der Waals surface area (Å²) in [6.07, 6.45) is 4.18. The number of carbonyl (C=O) groups is 1. The average molecular weight is 359 g/mol. The number of carbonyl (C=O) groups excluding carboxylic acids is 1. The Bertz CT molecular complexity index is 818. The van der Waals surface area contributed by atoms with Crippen molar-refractivity contribution in [3.05, 3.63) is 39.7 Å². The smallest absolute Gasteiger partial charge is 0.256 e. The number of hydrogen-bond donors (Lipinski definition) is 2. The number of hydrogen-bond acceptors (Lipinski definition) is 4. The second-order valence-corrected chi connectivity index (χ2v) is 9.09. The number of amides is 1. The van der Waals surface area contributed by atoms with Crippen LogP contribution in [0.25, 0.3) is 0 Å². The van der Waals surface area contributed by atoms with Gasteiger partial charge in [-0.15, -0.1) is 11.3 Å². The van der Waals surface area contributed by atoms with E-state index in [2.05, 4.69) is 31.4 Å². The molecule has 2 aliphatic rings. The third-order valence-electron chi connectivity index (χ3n) is 6.11. The molecule has 0 bridgehead atoms. The van der Waals surface area contributed by atoms with Gasteiger partial charge in [-0.25, -0.2) is 0 Å². The molecule has 1 aliphatic carbocycles. The second kappa shape index (κ2) is 5.90. The molecule has 1 amide bonds. The minimum absolute atomic E-state index is 0.0264. The van der Waals surface area contributed by atoms with E-state index in [1.54, 1.807) is 11.3 Å². The van der Waals surface area contributed by atoms with Crippen LogP contribution in [0.4, 0.5) is 5.00 Å². The number of fused-ring (bicyclic) bond motifs is 3. The van der Waals surface area contributed by atoms with Crippen molar-refractivity contribution in [2.45, 2.75) is 59.5 Å². The summed E-state index contributed by atoms with van der Waals surface area (Å²) in [6.45, 7) is 8.94. The van der Waals surface area contributed by atoms with E-state index >= 15 is 0 Å². The first-order valence-electron chi connectivity index (χ1n) is 9.17. The Balaban J connectivity index is 1.63.